The minimum atomic E-state index is -0.600. The molecule has 0 aliphatic heterocycles. The van der Waals surface area contributed by atoms with Crippen LogP contribution in [-0.4, -0.2) is 22.4 Å². The minimum Gasteiger partial charge on any atom is -0.393 e. The Kier molecular flexibility index (Phi) is 6.72. The number of aliphatic hydroxyl groups excluding tert-OH is 2. The van der Waals surface area contributed by atoms with Crippen molar-refractivity contribution in [2.75, 3.05) is 0 Å². The molecule has 0 radical (unpaired) electrons. The van der Waals surface area contributed by atoms with Crippen molar-refractivity contribution in [2.45, 2.75) is 91.3 Å². The molecule has 2 N–H and O–H groups in total. The van der Waals surface area contributed by atoms with Gasteiger partial charge in [0.1, 0.15) is 0 Å². The van der Waals surface area contributed by atoms with Gasteiger partial charge in [-0.05, 0) is 93.1 Å². The molecule has 3 aliphatic rings. The first-order valence-corrected chi connectivity index (χ1v) is 11.3. The highest BCUT2D eigenvalue weighted by molar-refractivity contribution is 5.38. The Balaban J connectivity index is 1.78. The molecular formula is C26H40O2. The highest BCUT2D eigenvalue weighted by Gasteiger charge is 2.50. The minimum absolute atomic E-state index is 0.415. The van der Waals surface area contributed by atoms with Crippen LogP contribution in [0, 0.1) is 23.2 Å². The van der Waals surface area contributed by atoms with E-state index >= 15 is 0 Å². The first kappa shape index (κ1) is 21.6. The van der Waals surface area contributed by atoms with Crippen molar-refractivity contribution in [1.82, 2.24) is 0 Å². The van der Waals surface area contributed by atoms with E-state index < -0.39 is 12.2 Å². The van der Waals surface area contributed by atoms with Crippen molar-refractivity contribution in [1.29, 1.82) is 0 Å². The molecule has 0 saturated heterocycles. The number of rotatable bonds is 4. The van der Waals surface area contributed by atoms with Crippen molar-refractivity contribution in [3.05, 3.63) is 47.1 Å². The van der Waals surface area contributed by atoms with Gasteiger partial charge in [0, 0.05) is 6.42 Å². The zero-order valence-electron chi connectivity index (χ0n) is 18.4. The summed E-state index contributed by atoms with van der Waals surface area (Å²) < 4.78 is 0. The molecule has 3 rings (SSSR count). The zero-order chi connectivity index (χ0) is 20.5. The summed E-state index contributed by atoms with van der Waals surface area (Å²) in [5, 5.41) is 20.1. The summed E-state index contributed by atoms with van der Waals surface area (Å²) in [6.07, 6.45) is 14.5. The van der Waals surface area contributed by atoms with E-state index in [-0.39, 0.29) is 0 Å². The Morgan fingerprint density at radius 3 is 2.71 bits per heavy atom. The normalized spacial score (nSPS) is 39.9. The molecule has 0 heterocycles. The van der Waals surface area contributed by atoms with Gasteiger partial charge >= 0.3 is 0 Å². The number of aliphatic hydroxyl groups is 2. The third kappa shape index (κ3) is 4.39. The molecule has 0 unspecified atom stereocenters. The van der Waals surface area contributed by atoms with Gasteiger partial charge in [-0.1, -0.05) is 49.8 Å². The average molecular weight is 385 g/mol. The molecule has 3 saturated carbocycles. The number of fused-ring (bicyclic) bond motifs is 1. The lowest BCUT2D eigenvalue weighted by molar-refractivity contribution is 0.0862. The second-order valence-corrected chi connectivity index (χ2v) is 10.2. The van der Waals surface area contributed by atoms with E-state index in [0.717, 1.165) is 23.0 Å². The first-order chi connectivity index (χ1) is 13.2. The molecule has 0 amide bonds. The Morgan fingerprint density at radius 1 is 1.25 bits per heavy atom. The van der Waals surface area contributed by atoms with Gasteiger partial charge in [0.15, 0.2) is 0 Å². The highest BCUT2D eigenvalue weighted by Crippen LogP contribution is 2.59. The summed E-state index contributed by atoms with van der Waals surface area (Å²) in [6, 6.07) is 0. The van der Waals surface area contributed by atoms with E-state index in [9.17, 15) is 10.2 Å². The second kappa shape index (κ2) is 8.71. The van der Waals surface area contributed by atoms with Crippen LogP contribution in [0.25, 0.3) is 0 Å². The summed E-state index contributed by atoms with van der Waals surface area (Å²) in [5.74, 6) is 2.23. The van der Waals surface area contributed by atoms with Gasteiger partial charge in [0.25, 0.3) is 0 Å². The smallest absolute Gasteiger partial charge is 0.0811 e. The predicted molar refractivity (Wildman–Crippen MR) is 118 cm³/mol. The molecule has 2 nitrogen and oxygen atoms in total. The van der Waals surface area contributed by atoms with E-state index in [1.807, 2.05) is 0 Å². The molecule has 2 heteroatoms. The maximum Gasteiger partial charge on any atom is 0.0811 e. The Labute approximate surface area is 172 Å². The summed E-state index contributed by atoms with van der Waals surface area (Å²) in [5.41, 5.74) is 5.25. The number of hydrogen-bond donors (Lipinski definition) is 2. The quantitative estimate of drug-likeness (QED) is 0.573. The summed E-state index contributed by atoms with van der Waals surface area (Å²) in [7, 11) is 0. The Morgan fingerprint density at radius 2 is 2.00 bits per heavy atom. The second-order valence-electron chi connectivity index (χ2n) is 10.2. The van der Waals surface area contributed by atoms with E-state index in [2.05, 4.69) is 52.5 Å². The topological polar surface area (TPSA) is 40.5 Å². The van der Waals surface area contributed by atoms with E-state index in [0.29, 0.717) is 24.2 Å². The fourth-order valence-corrected chi connectivity index (χ4v) is 6.27. The van der Waals surface area contributed by atoms with Crippen LogP contribution in [0.3, 0.4) is 0 Å². The van der Waals surface area contributed by atoms with E-state index in [1.165, 1.54) is 44.1 Å². The number of hydrogen-bond acceptors (Lipinski definition) is 2. The fraction of sp³-hybridized carbons (Fsp3) is 0.692. The average Bonchev–Trinajstić information content (AvgIpc) is 2.99. The van der Waals surface area contributed by atoms with Gasteiger partial charge in [0.05, 0.1) is 12.2 Å². The van der Waals surface area contributed by atoms with Gasteiger partial charge in [0.2, 0.25) is 0 Å². The summed E-state index contributed by atoms with van der Waals surface area (Å²) in [6.45, 7) is 13.5. The largest absolute Gasteiger partial charge is 0.393 e. The summed E-state index contributed by atoms with van der Waals surface area (Å²) >= 11 is 0. The maximum absolute atomic E-state index is 10.1. The molecule has 6 atom stereocenters. The van der Waals surface area contributed by atoms with Gasteiger partial charge in [-0.25, -0.2) is 0 Å². The fourth-order valence-electron chi connectivity index (χ4n) is 6.27. The molecule has 3 fully saturated rings. The molecule has 3 aliphatic carbocycles. The van der Waals surface area contributed by atoms with Crippen molar-refractivity contribution in [3.63, 3.8) is 0 Å². The lowest BCUT2D eigenvalue weighted by atomic mass is 9.61. The number of allylic oxidation sites excluding steroid dienone is 5. The lowest BCUT2D eigenvalue weighted by Gasteiger charge is -2.44. The first-order valence-electron chi connectivity index (χ1n) is 11.3. The Bertz CT molecular complexity index is 679. The monoisotopic (exact) mass is 384 g/mol. The molecule has 156 valence electrons. The van der Waals surface area contributed by atoms with Crippen molar-refractivity contribution < 1.29 is 10.2 Å². The Hall–Kier alpha value is -1.12. The maximum atomic E-state index is 10.1. The predicted octanol–water partition coefficient (Wildman–Crippen LogP) is 6.12. The third-order valence-electron chi connectivity index (χ3n) is 7.89. The summed E-state index contributed by atoms with van der Waals surface area (Å²) in [4.78, 5) is 0. The van der Waals surface area contributed by atoms with Crippen LogP contribution in [0.4, 0.5) is 0 Å². The standard InChI is InChI=1S/C26H40O2/c1-17(2)8-9-18(3)23-12-13-24-20(7-6-14-26(23,24)5)10-11-21-15-22(27)16-25(28)19(21)4/h8,10-11,18,22-25,27-28H,4,6-7,9,12-16H2,1-3,5H3/b20-10+,21-11-/t18-,22+,23-,24+,25-,26-/m1/s1. The van der Waals surface area contributed by atoms with Crippen LogP contribution < -0.4 is 0 Å². The molecule has 0 aromatic carbocycles. The van der Waals surface area contributed by atoms with E-state index in [1.54, 1.807) is 5.57 Å². The van der Waals surface area contributed by atoms with Gasteiger partial charge in [-0.3, -0.25) is 0 Å². The van der Waals surface area contributed by atoms with E-state index in [4.69, 9.17) is 0 Å². The van der Waals surface area contributed by atoms with Crippen LogP contribution >= 0.6 is 0 Å². The van der Waals surface area contributed by atoms with Crippen molar-refractivity contribution >= 4 is 0 Å². The highest BCUT2D eigenvalue weighted by atomic mass is 16.3. The molecule has 0 aromatic rings. The van der Waals surface area contributed by atoms with Crippen LogP contribution in [-0.2, 0) is 0 Å². The SMILES string of the molecule is C=C1/C(=C\C=C2/CCC[C@]3(C)[C@@H]([C@H](C)CC=C(C)C)CC[C@@H]23)C[C@H](O)C[C@H]1O. The lowest BCUT2D eigenvalue weighted by Crippen LogP contribution is -2.35. The van der Waals surface area contributed by atoms with Crippen LogP contribution in [0.1, 0.15) is 79.1 Å². The van der Waals surface area contributed by atoms with Crippen molar-refractivity contribution in [2.24, 2.45) is 23.2 Å². The van der Waals surface area contributed by atoms with Gasteiger partial charge in [-0.15, -0.1) is 0 Å². The molecule has 0 bridgehead atoms. The van der Waals surface area contributed by atoms with Crippen molar-refractivity contribution in [3.8, 4) is 0 Å². The molecule has 0 spiro atoms. The van der Waals surface area contributed by atoms with Crippen LogP contribution in [0.15, 0.2) is 47.1 Å². The van der Waals surface area contributed by atoms with Crippen LogP contribution in [0.5, 0.6) is 0 Å². The third-order valence-corrected chi connectivity index (χ3v) is 7.89. The molecule has 28 heavy (non-hydrogen) atoms. The molecular weight excluding hydrogens is 344 g/mol. The van der Waals surface area contributed by atoms with Gasteiger partial charge < -0.3 is 10.2 Å². The van der Waals surface area contributed by atoms with Gasteiger partial charge in [-0.2, -0.15) is 0 Å². The van der Waals surface area contributed by atoms with Crippen LogP contribution in [0.2, 0.25) is 0 Å². The zero-order valence-corrected chi connectivity index (χ0v) is 18.4. The molecule has 0 aromatic heterocycles.